The lowest BCUT2D eigenvalue weighted by molar-refractivity contribution is -0.345. The summed E-state index contributed by atoms with van der Waals surface area (Å²) in [6, 6.07) is 9.39. The highest BCUT2D eigenvalue weighted by molar-refractivity contribution is 5.96. The third kappa shape index (κ3) is 7.57. The molecule has 0 bridgehead atoms. The van der Waals surface area contributed by atoms with Crippen molar-refractivity contribution in [3.05, 3.63) is 47.5 Å². The van der Waals surface area contributed by atoms with Gasteiger partial charge in [0.1, 0.15) is 36.6 Å². The molecule has 1 aromatic rings. The Morgan fingerprint density at radius 1 is 0.965 bits per heavy atom. The van der Waals surface area contributed by atoms with Crippen molar-refractivity contribution in [1.82, 2.24) is 0 Å². The fourth-order valence-corrected chi connectivity index (χ4v) is 12.3. The van der Waals surface area contributed by atoms with Crippen LogP contribution in [0.4, 0.5) is 0 Å². The highest BCUT2D eigenvalue weighted by Crippen LogP contribution is 2.71. The van der Waals surface area contributed by atoms with Gasteiger partial charge in [0.2, 0.25) is 0 Å². The van der Waals surface area contributed by atoms with Crippen molar-refractivity contribution >= 4 is 11.8 Å². The topological polar surface area (TPSA) is 191 Å². The van der Waals surface area contributed by atoms with E-state index in [1.807, 2.05) is 44.2 Å². The van der Waals surface area contributed by atoms with Gasteiger partial charge < -0.3 is 54.0 Å². The molecule has 6 aliphatic rings. The van der Waals surface area contributed by atoms with Crippen molar-refractivity contribution in [3.63, 3.8) is 0 Å². The molecule has 0 amide bonds. The van der Waals surface area contributed by atoms with Gasteiger partial charge in [0.05, 0.1) is 30.5 Å². The van der Waals surface area contributed by atoms with E-state index in [0.717, 1.165) is 32.1 Å². The van der Waals surface area contributed by atoms with Gasteiger partial charge >= 0.3 is 5.97 Å². The highest BCUT2D eigenvalue weighted by atomic mass is 16.7. The van der Waals surface area contributed by atoms with Crippen LogP contribution in [-0.2, 0) is 33.2 Å². The van der Waals surface area contributed by atoms with Crippen LogP contribution < -0.4 is 0 Å². The number of aliphatic hydroxyl groups excluding tert-OH is 4. The molecule has 18 unspecified atom stereocenters. The third-order valence-electron chi connectivity index (χ3n) is 15.5. The quantitative estimate of drug-likeness (QED) is 0.123. The summed E-state index contributed by atoms with van der Waals surface area (Å²) >= 11 is 0. The molecule has 1 aromatic carbocycles. The van der Waals surface area contributed by atoms with Crippen molar-refractivity contribution in [3.8, 4) is 0 Å². The Hall–Kier alpha value is -2.30. The van der Waals surface area contributed by atoms with E-state index < -0.39 is 72.9 Å². The number of methoxy groups -OCH3 is 1. The maximum atomic E-state index is 13.9. The molecule has 318 valence electrons. The first-order valence-corrected chi connectivity index (χ1v) is 21.0. The van der Waals surface area contributed by atoms with Crippen LogP contribution in [0.25, 0.3) is 0 Å². The lowest BCUT2D eigenvalue weighted by Gasteiger charge is -2.64. The average molecular weight is 801 g/mol. The Morgan fingerprint density at radius 3 is 2.39 bits per heavy atom. The zero-order chi connectivity index (χ0) is 41.0. The normalized spacial score (nSPS) is 46.2. The standard InChI is InChI=1S/C44H64O13/c1-23(53-25(3)46)30-15-17-44(51)31-13-12-27-18-29(14-16-42(27,4)32(31)19-28(43(30,44)5)20-33(47)26-10-8-7-9-11-26)55-36-21-34(52-6)40(24(2)54-36)57-41-39(50)38(49)37(48)35(22-45)56-41/h7-12,23-24,28-32,34-41,45,48-51H,13-22H2,1-6H3. The van der Waals surface area contributed by atoms with E-state index in [2.05, 4.69) is 19.9 Å². The molecule has 2 heterocycles. The summed E-state index contributed by atoms with van der Waals surface area (Å²) in [4.78, 5) is 26.1. The van der Waals surface area contributed by atoms with Crippen LogP contribution in [0.2, 0.25) is 0 Å². The molecule has 13 nitrogen and oxygen atoms in total. The summed E-state index contributed by atoms with van der Waals surface area (Å²) in [6.07, 6.45) is -1.67. The minimum absolute atomic E-state index is 0.00283. The Kier molecular flexibility index (Phi) is 12.5. The van der Waals surface area contributed by atoms with E-state index in [0.29, 0.717) is 31.2 Å². The first-order chi connectivity index (χ1) is 27.0. The van der Waals surface area contributed by atoms with E-state index >= 15 is 0 Å². The molecule has 0 radical (unpaired) electrons. The molecule has 2 saturated heterocycles. The molecule has 2 aliphatic heterocycles. The fraction of sp³-hybridized carbons (Fsp3) is 0.773. The van der Waals surface area contributed by atoms with Gasteiger partial charge in [0, 0.05) is 43.8 Å². The lowest BCUT2D eigenvalue weighted by atomic mass is 9.42. The van der Waals surface area contributed by atoms with Crippen LogP contribution in [0, 0.1) is 34.5 Å². The van der Waals surface area contributed by atoms with E-state index in [9.17, 15) is 35.1 Å². The number of ketones is 1. The number of benzene rings is 1. The Morgan fingerprint density at radius 2 is 1.70 bits per heavy atom. The molecule has 0 aromatic heterocycles. The van der Waals surface area contributed by atoms with Crippen LogP contribution in [0.3, 0.4) is 0 Å². The predicted octanol–water partition coefficient (Wildman–Crippen LogP) is 3.85. The van der Waals surface area contributed by atoms with Gasteiger partial charge in [0.25, 0.3) is 0 Å². The number of aliphatic hydroxyl groups is 5. The van der Waals surface area contributed by atoms with E-state index in [4.69, 9.17) is 28.4 Å². The number of Topliss-reactive ketones (excluding diaryl/α,β-unsaturated/α-hetero) is 1. The minimum Gasteiger partial charge on any atom is -0.463 e. The van der Waals surface area contributed by atoms with Gasteiger partial charge in [-0.15, -0.1) is 0 Å². The second-order valence-corrected chi connectivity index (χ2v) is 18.3. The molecule has 4 aliphatic carbocycles. The molecular weight excluding hydrogens is 736 g/mol. The molecule has 7 rings (SSSR count). The first-order valence-electron chi connectivity index (χ1n) is 21.0. The molecule has 18 atom stereocenters. The first kappa shape index (κ1) is 42.8. The number of carbonyl (C=O) groups excluding carboxylic acids is 2. The number of rotatable bonds is 11. The van der Waals surface area contributed by atoms with E-state index in [1.54, 1.807) is 7.11 Å². The van der Waals surface area contributed by atoms with Crippen molar-refractivity contribution in [2.24, 2.45) is 34.5 Å². The molecule has 57 heavy (non-hydrogen) atoms. The van der Waals surface area contributed by atoms with Crippen LogP contribution in [0.5, 0.6) is 0 Å². The van der Waals surface area contributed by atoms with Crippen LogP contribution in [-0.4, -0.2) is 124 Å². The van der Waals surface area contributed by atoms with Gasteiger partial charge in [-0.1, -0.05) is 55.8 Å². The lowest BCUT2D eigenvalue weighted by Crippen LogP contribution is -2.64. The molecule has 5 N–H and O–H groups in total. The Balaban J connectivity index is 1.06. The summed E-state index contributed by atoms with van der Waals surface area (Å²) in [6.45, 7) is 9.12. The monoisotopic (exact) mass is 800 g/mol. The van der Waals surface area contributed by atoms with E-state index in [-0.39, 0.29) is 53.0 Å². The van der Waals surface area contributed by atoms with Gasteiger partial charge in [-0.2, -0.15) is 0 Å². The van der Waals surface area contributed by atoms with Gasteiger partial charge in [-0.3, -0.25) is 9.59 Å². The molecule has 5 fully saturated rings. The summed E-state index contributed by atoms with van der Waals surface area (Å²) in [7, 11) is 1.56. The third-order valence-corrected chi connectivity index (χ3v) is 15.5. The number of hydrogen-bond donors (Lipinski definition) is 5. The average Bonchev–Trinajstić information content (AvgIpc) is 3.47. The number of ether oxygens (including phenoxy) is 6. The van der Waals surface area contributed by atoms with Crippen molar-refractivity contribution in [2.75, 3.05) is 13.7 Å². The molecule has 13 heteroatoms. The predicted molar refractivity (Wildman–Crippen MR) is 205 cm³/mol. The molecule has 0 spiro atoms. The largest absolute Gasteiger partial charge is 0.463 e. The molecule has 3 saturated carbocycles. The number of carbonyl (C=O) groups is 2. The van der Waals surface area contributed by atoms with Gasteiger partial charge in [0.15, 0.2) is 18.4 Å². The minimum atomic E-state index is -1.56. The fourth-order valence-electron chi connectivity index (χ4n) is 12.3. The van der Waals surface area contributed by atoms with Gasteiger partial charge in [-0.25, -0.2) is 0 Å². The van der Waals surface area contributed by atoms with E-state index in [1.165, 1.54) is 12.5 Å². The summed E-state index contributed by atoms with van der Waals surface area (Å²) in [5, 5.41) is 53.8. The van der Waals surface area contributed by atoms with Crippen molar-refractivity contribution in [2.45, 2.75) is 166 Å². The maximum absolute atomic E-state index is 13.9. The van der Waals surface area contributed by atoms with Crippen LogP contribution >= 0.6 is 0 Å². The highest BCUT2D eigenvalue weighted by Gasteiger charge is 2.70. The van der Waals surface area contributed by atoms with Crippen molar-refractivity contribution < 1.29 is 63.5 Å². The second kappa shape index (κ2) is 16.6. The molecular formula is C44H64O13. The Labute approximate surface area is 336 Å². The number of esters is 1. The number of hydrogen-bond acceptors (Lipinski definition) is 13. The second-order valence-electron chi connectivity index (χ2n) is 18.3. The number of fused-ring (bicyclic) bond motifs is 5. The van der Waals surface area contributed by atoms with Crippen molar-refractivity contribution in [1.29, 1.82) is 0 Å². The Bertz CT molecular complexity index is 1620. The zero-order valence-corrected chi connectivity index (χ0v) is 34.2. The number of allylic oxidation sites excluding steroid dienone is 1. The smallest absolute Gasteiger partial charge is 0.302 e. The summed E-state index contributed by atoms with van der Waals surface area (Å²) < 4.78 is 36.3. The SMILES string of the molecule is COC1CC(OC2CCC3(C)C(=CCC4C3CC(CC(=O)c3ccccc3)C3(C)C(C(C)OC(C)=O)CCC43O)C2)OC(C)C1OC1OC(CO)C(O)C(O)C1O. The summed E-state index contributed by atoms with van der Waals surface area (Å²) in [5.41, 5.74) is 0.119. The van der Waals surface area contributed by atoms with Crippen LogP contribution in [0.15, 0.2) is 42.0 Å². The summed E-state index contributed by atoms with van der Waals surface area (Å²) in [5.74, 6) is -0.323. The van der Waals surface area contributed by atoms with Gasteiger partial charge in [-0.05, 0) is 82.0 Å². The van der Waals surface area contributed by atoms with Crippen LogP contribution in [0.1, 0.15) is 103 Å². The zero-order valence-electron chi connectivity index (χ0n) is 34.2. The maximum Gasteiger partial charge on any atom is 0.302 e.